The molecule has 25 heavy (non-hydrogen) atoms. The van der Waals surface area contributed by atoms with E-state index >= 15 is 0 Å². The van der Waals surface area contributed by atoms with Gasteiger partial charge < -0.3 is 15.4 Å². The number of nitrogens with zero attached hydrogens (tertiary/aromatic N) is 2. The van der Waals surface area contributed by atoms with Crippen molar-refractivity contribution in [2.45, 2.75) is 39.0 Å². The number of aliphatic imine (C=N–C) groups is 1. The molecule has 0 radical (unpaired) electrons. The number of rotatable bonds is 9. The fraction of sp³-hybridized carbons (Fsp3) is 0.737. The molecular formula is C19H34N4OS. The van der Waals surface area contributed by atoms with Gasteiger partial charge in [-0.25, -0.2) is 0 Å². The van der Waals surface area contributed by atoms with Crippen LogP contribution in [-0.2, 0) is 10.2 Å². The van der Waals surface area contributed by atoms with Crippen LogP contribution in [0, 0.1) is 0 Å². The number of nitrogens with one attached hydrogen (secondary N) is 2. The molecule has 0 aromatic carbocycles. The first-order valence-electron chi connectivity index (χ1n) is 9.48. The highest BCUT2D eigenvalue weighted by atomic mass is 32.1. The zero-order valence-corrected chi connectivity index (χ0v) is 16.8. The van der Waals surface area contributed by atoms with Crippen LogP contribution in [-0.4, -0.2) is 63.3 Å². The number of guanidine groups is 1. The second kappa shape index (κ2) is 10.8. The van der Waals surface area contributed by atoms with Gasteiger partial charge in [-0.1, -0.05) is 19.9 Å². The third-order valence-corrected chi connectivity index (χ3v) is 5.70. The van der Waals surface area contributed by atoms with Gasteiger partial charge in [0.1, 0.15) is 0 Å². The zero-order chi connectivity index (χ0) is 18.0. The summed E-state index contributed by atoms with van der Waals surface area (Å²) < 4.78 is 5.39. The van der Waals surface area contributed by atoms with Gasteiger partial charge in [0.2, 0.25) is 0 Å². The molecule has 1 aliphatic rings. The molecule has 1 fully saturated rings. The second-order valence-corrected chi connectivity index (χ2v) is 8.09. The van der Waals surface area contributed by atoms with Gasteiger partial charge >= 0.3 is 0 Å². The lowest BCUT2D eigenvalue weighted by molar-refractivity contribution is 0.0372. The van der Waals surface area contributed by atoms with Crippen molar-refractivity contribution in [1.82, 2.24) is 15.5 Å². The quantitative estimate of drug-likeness (QED) is 0.401. The van der Waals surface area contributed by atoms with Crippen molar-refractivity contribution >= 4 is 17.3 Å². The average Bonchev–Trinajstić information content (AvgIpc) is 3.16. The molecule has 0 unspecified atom stereocenters. The van der Waals surface area contributed by atoms with E-state index in [0.717, 1.165) is 58.3 Å². The molecule has 142 valence electrons. The summed E-state index contributed by atoms with van der Waals surface area (Å²) in [5.41, 5.74) is 0.0762. The number of unbranched alkanes of at least 4 members (excludes halogenated alkanes) is 1. The first-order valence-corrected chi connectivity index (χ1v) is 10.4. The smallest absolute Gasteiger partial charge is 0.191 e. The van der Waals surface area contributed by atoms with Gasteiger partial charge in [0, 0.05) is 36.5 Å². The highest BCUT2D eigenvalue weighted by Crippen LogP contribution is 2.27. The van der Waals surface area contributed by atoms with Crippen molar-refractivity contribution in [2.75, 3.05) is 52.5 Å². The molecular weight excluding hydrogens is 332 g/mol. The molecule has 0 bridgehead atoms. The molecule has 0 atom stereocenters. The molecule has 0 amide bonds. The van der Waals surface area contributed by atoms with Gasteiger partial charge in [-0.2, -0.15) is 0 Å². The number of thiophene rings is 1. The average molecular weight is 367 g/mol. The Labute approximate surface area is 156 Å². The topological polar surface area (TPSA) is 48.9 Å². The maximum absolute atomic E-state index is 5.39. The van der Waals surface area contributed by atoms with Crippen molar-refractivity contribution in [1.29, 1.82) is 0 Å². The predicted octanol–water partition coefficient (Wildman–Crippen LogP) is 2.69. The minimum Gasteiger partial charge on any atom is -0.379 e. The summed E-state index contributed by atoms with van der Waals surface area (Å²) in [6.45, 7) is 14.4. The summed E-state index contributed by atoms with van der Waals surface area (Å²) in [5.74, 6) is 0.929. The standard InChI is InChI=1S/C19H34N4OS/c1-4-20-18(22-16-19(2,3)17-8-7-15-25-17)21-9-5-6-10-23-11-13-24-14-12-23/h7-8,15H,4-6,9-14,16H2,1-3H3,(H2,20,21,22). The molecule has 0 saturated carbocycles. The van der Waals surface area contributed by atoms with E-state index in [0.29, 0.717) is 0 Å². The van der Waals surface area contributed by atoms with Crippen LogP contribution in [0.3, 0.4) is 0 Å². The Bertz CT molecular complexity index is 496. The van der Waals surface area contributed by atoms with Crippen molar-refractivity contribution in [3.8, 4) is 0 Å². The maximum Gasteiger partial charge on any atom is 0.191 e. The van der Waals surface area contributed by atoms with Crippen molar-refractivity contribution in [2.24, 2.45) is 4.99 Å². The van der Waals surface area contributed by atoms with Gasteiger partial charge in [0.05, 0.1) is 19.8 Å². The van der Waals surface area contributed by atoms with E-state index in [-0.39, 0.29) is 5.41 Å². The van der Waals surface area contributed by atoms with Crippen LogP contribution in [0.4, 0.5) is 0 Å². The summed E-state index contributed by atoms with van der Waals surface area (Å²) in [6, 6.07) is 4.32. The Morgan fingerprint density at radius 3 is 2.76 bits per heavy atom. The first kappa shape index (κ1) is 20.2. The SMILES string of the molecule is CCNC(=NCC(C)(C)c1cccs1)NCCCCN1CCOCC1. The molecule has 1 saturated heterocycles. The molecule has 1 aromatic rings. The fourth-order valence-electron chi connectivity index (χ4n) is 2.85. The maximum atomic E-state index is 5.39. The zero-order valence-electron chi connectivity index (χ0n) is 16.0. The molecule has 1 aromatic heterocycles. The molecule has 0 aliphatic carbocycles. The minimum atomic E-state index is 0.0762. The third-order valence-electron chi connectivity index (χ3n) is 4.46. The molecule has 2 N–H and O–H groups in total. The Balaban J connectivity index is 1.70. The summed E-state index contributed by atoms with van der Waals surface area (Å²) in [6.07, 6.45) is 2.38. The van der Waals surface area contributed by atoms with E-state index in [1.807, 2.05) is 11.3 Å². The number of hydrogen-bond acceptors (Lipinski definition) is 4. The molecule has 0 spiro atoms. The highest BCUT2D eigenvalue weighted by Gasteiger charge is 2.21. The van der Waals surface area contributed by atoms with Gasteiger partial charge in [-0.05, 0) is 37.8 Å². The number of ether oxygens (including phenoxy) is 1. The fourth-order valence-corrected chi connectivity index (χ4v) is 3.70. The number of hydrogen-bond donors (Lipinski definition) is 2. The first-order chi connectivity index (χ1) is 12.1. The molecule has 6 heteroatoms. The lowest BCUT2D eigenvalue weighted by Crippen LogP contribution is -2.39. The Morgan fingerprint density at radius 2 is 2.08 bits per heavy atom. The molecule has 2 heterocycles. The van der Waals surface area contributed by atoms with Crippen LogP contribution in [0.5, 0.6) is 0 Å². The molecule has 1 aliphatic heterocycles. The van der Waals surface area contributed by atoms with E-state index in [1.165, 1.54) is 17.8 Å². The van der Waals surface area contributed by atoms with Crippen LogP contribution >= 0.6 is 11.3 Å². The van der Waals surface area contributed by atoms with E-state index in [4.69, 9.17) is 9.73 Å². The van der Waals surface area contributed by atoms with Gasteiger partial charge in [0.25, 0.3) is 0 Å². The van der Waals surface area contributed by atoms with Crippen molar-refractivity contribution in [3.05, 3.63) is 22.4 Å². The summed E-state index contributed by atoms with van der Waals surface area (Å²) in [5, 5.41) is 8.97. The second-order valence-electron chi connectivity index (χ2n) is 7.14. The molecule has 5 nitrogen and oxygen atoms in total. The summed E-state index contributed by atoms with van der Waals surface area (Å²) in [7, 11) is 0. The lowest BCUT2D eigenvalue weighted by Gasteiger charge is -2.26. The molecule has 2 rings (SSSR count). The van der Waals surface area contributed by atoms with Crippen LogP contribution < -0.4 is 10.6 Å². The van der Waals surface area contributed by atoms with Crippen LogP contribution in [0.15, 0.2) is 22.5 Å². The monoisotopic (exact) mass is 366 g/mol. The van der Waals surface area contributed by atoms with Gasteiger partial charge in [-0.3, -0.25) is 9.89 Å². The van der Waals surface area contributed by atoms with Crippen molar-refractivity contribution < 1.29 is 4.74 Å². The largest absolute Gasteiger partial charge is 0.379 e. The summed E-state index contributed by atoms with van der Waals surface area (Å²) in [4.78, 5) is 8.68. The van der Waals surface area contributed by atoms with E-state index in [9.17, 15) is 0 Å². The van der Waals surface area contributed by atoms with Crippen molar-refractivity contribution in [3.63, 3.8) is 0 Å². The van der Waals surface area contributed by atoms with Crippen LogP contribution in [0.1, 0.15) is 38.5 Å². The minimum absolute atomic E-state index is 0.0762. The van der Waals surface area contributed by atoms with Crippen LogP contribution in [0.25, 0.3) is 0 Å². The summed E-state index contributed by atoms with van der Waals surface area (Å²) >= 11 is 1.81. The Kier molecular flexibility index (Phi) is 8.72. The Hall–Kier alpha value is -1.11. The normalized spacial score (nSPS) is 16.8. The van der Waals surface area contributed by atoms with Gasteiger partial charge in [0.15, 0.2) is 5.96 Å². The van der Waals surface area contributed by atoms with E-state index in [2.05, 4.69) is 53.8 Å². The van der Waals surface area contributed by atoms with E-state index in [1.54, 1.807) is 0 Å². The Morgan fingerprint density at radius 1 is 1.28 bits per heavy atom. The van der Waals surface area contributed by atoms with E-state index < -0.39 is 0 Å². The van der Waals surface area contributed by atoms with Gasteiger partial charge in [-0.15, -0.1) is 11.3 Å². The number of morpholine rings is 1. The lowest BCUT2D eigenvalue weighted by atomic mass is 9.92. The third kappa shape index (κ3) is 7.34. The highest BCUT2D eigenvalue weighted by molar-refractivity contribution is 7.10. The van der Waals surface area contributed by atoms with Crippen LogP contribution in [0.2, 0.25) is 0 Å². The predicted molar refractivity (Wildman–Crippen MR) is 108 cm³/mol.